The molecular formula is C24H32N2O2. The first-order valence-electron chi connectivity index (χ1n) is 10.1. The molecule has 3 rings (SSSR count). The van der Waals surface area contributed by atoms with Crippen LogP contribution in [0.5, 0.6) is 5.75 Å². The van der Waals surface area contributed by atoms with Gasteiger partial charge in [0.25, 0.3) is 0 Å². The van der Waals surface area contributed by atoms with E-state index < -0.39 is 0 Å². The van der Waals surface area contributed by atoms with Crippen molar-refractivity contribution in [3.8, 4) is 5.75 Å². The molecule has 0 spiro atoms. The molecule has 0 radical (unpaired) electrons. The van der Waals surface area contributed by atoms with E-state index in [2.05, 4.69) is 65.3 Å². The molecule has 0 saturated carbocycles. The largest absolute Gasteiger partial charge is 0.497 e. The fourth-order valence-corrected chi connectivity index (χ4v) is 3.81. The second-order valence-electron chi connectivity index (χ2n) is 7.50. The van der Waals surface area contributed by atoms with Crippen LogP contribution in [0.2, 0.25) is 0 Å². The van der Waals surface area contributed by atoms with E-state index in [1.54, 1.807) is 7.11 Å². The maximum atomic E-state index is 9.54. The van der Waals surface area contributed by atoms with Gasteiger partial charge in [-0.25, -0.2) is 0 Å². The average Bonchev–Trinajstić information content (AvgIpc) is 2.72. The summed E-state index contributed by atoms with van der Waals surface area (Å²) in [6, 6.07) is 17.1. The summed E-state index contributed by atoms with van der Waals surface area (Å²) in [7, 11) is 1.69. The van der Waals surface area contributed by atoms with Gasteiger partial charge in [-0.3, -0.25) is 9.80 Å². The second-order valence-corrected chi connectivity index (χ2v) is 7.50. The zero-order valence-electron chi connectivity index (χ0n) is 17.1. The Morgan fingerprint density at radius 3 is 2.61 bits per heavy atom. The summed E-state index contributed by atoms with van der Waals surface area (Å²) < 4.78 is 5.21. The first kappa shape index (κ1) is 20.6. The third kappa shape index (κ3) is 5.68. The van der Waals surface area contributed by atoms with Crippen LogP contribution in [-0.4, -0.2) is 60.8 Å². The third-order valence-corrected chi connectivity index (χ3v) is 5.58. The molecule has 4 heteroatoms. The van der Waals surface area contributed by atoms with Gasteiger partial charge in [-0.1, -0.05) is 48.6 Å². The van der Waals surface area contributed by atoms with E-state index in [-0.39, 0.29) is 6.61 Å². The standard InChI is InChI=1S/C24H32N2O2/c1-20-6-3-4-8-22(20)18-26-16-15-25(19-23(26)13-17-27)14-5-7-21-9-11-24(28-2)12-10-21/h3-12,23,27H,13-19H2,1-2H3/b7-5+/t23-/m1/s1. The van der Waals surface area contributed by atoms with Gasteiger partial charge in [0.15, 0.2) is 0 Å². The first-order chi connectivity index (χ1) is 13.7. The lowest BCUT2D eigenvalue weighted by Gasteiger charge is -2.41. The predicted octanol–water partition coefficient (Wildman–Crippen LogP) is 3.59. The van der Waals surface area contributed by atoms with Crippen LogP contribution in [0.1, 0.15) is 23.1 Å². The van der Waals surface area contributed by atoms with Gasteiger partial charge < -0.3 is 9.84 Å². The number of ether oxygens (including phenoxy) is 1. The normalized spacial score (nSPS) is 18.6. The Labute approximate surface area is 169 Å². The summed E-state index contributed by atoms with van der Waals surface area (Å²) >= 11 is 0. The number of aryl methyl sites for hydroxylation is 1. The van der Waals surface area contributed by atoms with Crippen LogP contribution in [-0.2, 0) is 6.54 Å². The van der Waals surface area contributed by atoms with Crippen LogP contribution < -0.4 is 4.74 Å². The number of hydrogen-bond acceptors (Lipinski definition) is 4. The molecule has 2 aromatic carbocycles. The Balaban J connectivity index is 1.55. The zero-order chi connectivity index (χ0) is 19.8. The smallest absolute Gasteiger partial charge is 0.118 e. The van der Waals surface area contributed by atoms with Gasteiger partial charge in [0.2, 0.25) is 0 Å². The van der Waals surface area contributed by atoms with E-state index >= 15 is 0 Å². The van der Waals surface area contributed by atoms with Gasteiger partial charge >= 0.3 is 0 Å². The topological polar surface area (TPSA) is 35.9 Å². The van der Waals surface area contributed by atoms with Crippen LogP contribution in [0.3, 0.4) is 0 Å². The van der Waals surface area contributed by atoms with Crippen molar-refractivity contribution in [3.63, 3.8) is 0 Å². The predicted molar refractivity (Wildman–Crippen MR) is 116 cm³/mol. The van der Waals surface area contributed by atoms with Crippen molar-refractivity contribution in [3.05, 3.63) is 71.3 Å². The Kier molecular flexibility index (Phi) is 7.66. The van der Waals surface area contributed by atoms with Crippen LogP contribution >= 0.6 is 0 Å². The molecule has 0 unspecified atom stereocenters. The Hall–Kier alpha value is -2.14. The number of rotatable bonds is 8. The molecule has 1 fully saturated rings. The number of methoxy groups -OCH3 is 1. The lowest BCUT2D eigenvalue weighted by molar-refractivity contribution is 0.0595. The first-order valence-corrected chi connectivity index (χ1v) is 10.1. The molecule has 0 bridgehead atoms. The number of nitrogens with zero attached hydrogens (tertiary/aromatic N) is 2. The Morgan fingerprint density at radius 1 is 1.11 bits per heavy atom. The van der Waals surface area contributed by atoms with E-state index in [1.807, 2.05) is 12.1 Å². The van der Waals surface area contributed by atoms with E-state index in [4.69, 9.17) is 4.74 Å². The number of aliphatic hydroxyl groups is 1. The van der Waals surface area contributed by atoms with E-state index in [0.717, 1.165) is 44.9 Å². The SMILES string of the molecule is COc1ccc(/C=C/CN2CCN(Cc3ccccc3C)[C@H](CCO)C2)cc1. The van der Waals surface area contributed by atoms with Crippen molar-refractivity contribution in [1.29, 1.82) is 0 Å². The van der Waals surface area contributed by atoms with Crippen molar-refractivity contribution in [2.75, 3.05) is 39.9 Å². The van der Waals surface area contributed by atoms with E-state index in [1.165, 1.54) is 16.7 Å². The molecule has 28 heavy (non-hydrogen) atoms. The molecule has 2 aromatic rings. The summed E-state index contributed by atoms with van der Waals surface area (Å²) in [5.74, 6) is 0.883. The fourth-order valence-electron chi connectivity index (χ4n) is 3.81. The van der Waals surface area contributed by atoms with Crippen LogP contribution in [0.25, 0.3) is 6.08 Å². The number of aliphatic hydroxyl groups excluding tert-OH is 1. The van der Waals surface area contributed by atoms with E-state index in [9.17, 15) is 5.11 Å². The number of piperazine rings is 1. The van der Waals surface area contributed by atoms with Gasteiger partial charge in [0, 0.05) is 45.4 Å². The van der Waals surface area contributed by atoms with Gasteiger partial charge in [0.05, 0.1) is 7.11 Å². The zero-order valence-corrected chi connectivity index (χ0v) is 17.1. The number of benzene rings is 2. The average molecular weight is 381 g/mol. The third-order valence-electron chi connectivity index (χ3n) is 5.58. The van der Waals surface area contributed by atoms with Crippen molar-refractivity contribution >= 4 is 6.08 Å². The minimum Gasteiger partial charge on any atom is -0.497 e. The molecule has 1 saturated heterocycles. The van der Waals surface area contributed by atoms with Gasteiger partial charge in [-0.05, 0) is 42.2 Å². The van der Waals surface area contributed by atoms with Gasteiger partial charge in [0.1, 0.15) is 5.75 Å². The highest BCUT2D eigenvalue weighted by atomic mass is 16.5. The van der Waals surface area contributed by atoms with Crippen LogP contribution in [0.4, 0.5) is 0 Å². The highest BCUT2D eigenvalue weighted by Gasteiger charge is 2.26. The van der Waals surface area contributed by atoms with Crippen molar-refractivity contribution in [2.24, 2.45) is 0 Å². The maximum Gasteiger partial charge on any atom is 0.118 e. The van der Waals surface area contributed by atoms with Crippen molar-refractivity contribution in [1.82, 2.24) is 9.80 Å². The molecule has 150 valence electrons. The lowest BCUT2D eigenvalue weighted by atomic mass is 10.0. The number of hydrogen-bond donors (Lipinski definition) is 1. The summed E-state index contributed by atoms with van der Waals surface area (Å²) in [5, 5.41) is 9.54. The fraction of sp³-hybridized carbons (Fsp3) is 0.417. The monoisotopic (exact) mass is 380 g/mol. The highest BCUT2D eigenvalue weighted by molar-refractivity contribution is 5.50. The van der Waals surface area contributed by atoms with Crippen LogP contribution in [0, 0.1) is 6.92 Å². The Bertz CT molecular complexity index is 757. The molecule has 1 atom stereocenters. The maximum absolute atomic E-state index is 9.54. The van der Waals surface area contributed by atoms with Gasteiger partial charge in [-0.2, -0.15) is 0 Å². The molecule has 1 aliphatic rings. The minimum atomic E-state index is 0.241. The minimum absolute atomic E-state index is 0.241. The molecular weight excluding hydrogens is 348 g/mol. The summed E-state index contributed by atoms with van der Waals surface area (Å²) in [4.78, 5) is 5.01. The van der Waals surface area contributed by atoms with E-state index in [0.29, 0.717) is 6.04 Å². The van der Waals surface area contributed by atoms with Crippen molar-refractivity contribution < 1.29 is 9.84 Å². The molecule has 0 aromatic heterocycles. The van der Waals surface area contributed by atoms with Crippen LogP contribution in [0.15, 0.2) is 54.6 Å². The summed E-state index contributed by atoms with van der Waals surface area (Å²) in [6.07, 6.45) is 5.22. The molecule has 0 aliphatic carbocycles. The molecule has 1 aliphatic heterocycles. The highest BCUT2D eigenvalue weighted by Crippen LogP contribution is 2.19. The molecule has 1 N–H and O–H groups in total. The summed E-state index contributed by atoms with van der Waals surface area (Å²) in [6.45, 7) is 7.41. The molecule has 0 amide bonds. The van der Waals surface area contributed by atoms with Crippen molar-refractivity contribution in [2.45, 2.75) is 25.9 Å². The molecule has 1 heterocycles. The molecule has 4 nitrogen and oxygen atoms in total. The Morgan fingerprint density at radius 2 is 1.89 bits per heavy atom. The summed E-state index contributed by atoms with van der Waals surface area (Å²) in [5.41, 5.74) is 3.92. The lowest BCUT2D eigenvalue weighted by Crippen LogP contribution is -2.52. The quantitative estimate of drug-likeness (QED) is 0.759. The van der Waals surface area contributed by atoms with Gasteiger partial charge in [-0.15, -0.1) is 0 Å². The second kappa shape index (κ2) is 10.4.